The number of ether oxygens (including phenoxy) is 2. The highest BCUT2D eigenvalue weighted by Crippen LogP contribution is 1.95. The third-order valence-electron chi connectivity index (χ3n) is 1.62. The quantitative estimate of drug-likeness (QED) is 0.507. The minimum atomic E-state index is -0.206. The van der Waals surface area contributed by atoms with Crippen molar-refractivity contribution in [2.45, 2.75) is 46.0 Å². The van der Waals surface area contributed by atoms with Gasteiger partial charge in [0.2, 0.25) is 0 Å². The molecule has 0 fully saturated rings. The van der Waals surface area contributed by atoms with Crippen LogP contribution in [0.25, 0.3) is 0 Å². The first-order valence-corrected chi connectivity index (χ1v) is 5.73. The summed E-state index contributed by atoms with van der Waals surface area (Å²) in [6, 6.07) is 0. The van der Waals surface area contributed by atoms with Gasteiger partial charge in [0.25, 0.3) is 0 Å². The fraction of sp³-hybridized carbons (Fsp3) is 0.538. The molecule has 0 aromatic heterocycles. The van der Waals surface area contributed by atoms with Gasteiger partial charge in [0.1, 0.15) is 0 Å². The van der Waals surface area contributed by atoms with Crippen LogP contribution in [0, 0.1) is 0 Å². The summed E-state index contributed by atoms with van der Waals surface area (Å²) in [5.74, 6) is -0.394. The molecule has 4 nitrogen and oxygen atoms in total. The van der Waals surface area contributed by atoms with Crippen molar-refractivity contribution >= 4 is 11.9 Å². The molecule has 0 aliphatic carbocycles. The molecule has 0 aromatic rings. The fourth-order valence-electron chi connectivity index (χ4n) is 0.829. The summed E-state index contributed by atoms with van der Waals surface area (Å²) in [7, 11) is 0. The number of hydrogen-bond donors (Lipinski definition) is 0. The Balaban J connectivity index is 0. The largest absolute Gasteiger partial charge is 0.435 e. The second kappa shape index (κ2) is 14.4. The van der Waals surface area contributed by atoms with E-state index >= 15 is 0 Å². The number of hydrogen-bond acceptors (Lipinski definition) is 4. The van der Waals surface area contributed by atoms with E-state index in [1.54, 1.807) is 0 Å². The van der Waals surface area contributed by atoms with Crippen molar-refractivity contribution in [2.75, 3.05) is 0 Å². The van der Waals surface area contributed by atoms with Gasteiger partial charge in [-0.25, -0.2) is 0 Å². The van der Waals surface area contributed by atoms with Gasteiger partial charge < -0.3 is 9.47 Å². The van der Waals surface area contributed by atoms with Crippen LogP contribution in [0.2, 0.25) is 0 Å². The Bertz CT molecular complexity index is 234. The van der Waals surface area contributed by atoms with Crippen molar-refractivity contribution < 1.29 is 19.1 Å². The van der Waals surface area contributed by atoms with E-state index in [0.717, 1.165) is 31.8 Å². The summed E-state index contributed by atoms with van der Waals surface area (Å²) in [5.41, 5.74) is 0. The highest BCUT2D eigenvalue weighted by atomic mass is 16.5. The highest BCUT2D eigenvalue weighted by molar-refractivity contribution is 5.70. The Kier molecular flexibility index (Phi) is 15.1. The van der Waals surface area contributed by atoms with Crippen molar-refractivity contribution in [1.29, 1.82) is 0 Å². The van der Waals surface area contributed by atoms with Crippen molar-refractivity contribution in [3.8, 4) is 0 Å². The standard InChI is InChI=1S/C7H12O2.C6H10O2/c1-3-5-6-7(8)9-4-2;1-3-5-6(7)8-4-2/h4H,2-3,5-6H2,1H3;4H,2-3,5H2,1H3. The molecule has 98 valence electrons. The number of carbonyl (C=O) groups is 2. The molecule has 0 unspecified atom stereocenters. The SMILES string of the molecule is C=COC(=O)CCC.C=COC(=O)CCCC. The smallest absolute Gasteiger partial charge is 0.310 e. The molecule has 0 aromatic carbocycles. The zero-order chi connectivity index (χ0) is 13.5. The van der Waals surface area contributed by atoms with Gasteiger partial charge in [-0.2, -0.15) is 0 Å². The van der Waals surface area contributed by atoms with Crippen LogP contribution in [0.4, 0.5) is 0 Å². The lowest BCUT2D eigenvalue weighted by Gasteiger charge is -1.94. The Labute approximate surface area is 103 Å². The maximum atomic E-state index is 10.5. The number of esters is 2. The molecule has 0 N–H and O–H groups in total. The molecule has 0 saturated heterocycles. The van der Waals surface area contributed by atoms with Crippen LogP contribution in [0.15, 0.2) is 25.7 Å². The summed E-state index contributed by atoms with van der Waals surface area (Å²) < 4.78 is 8.88. The van der Waals surface area contributed by atoms with E-state index in [1.165, 1.54) is 0 Å². The molecule has 0 rings (SSSR count). The molecule has 0 bridgehead atoms. The van der Waals surface area contributed by atoms with Crippen LogP contribution in [0.5, 0.6) is 0 Å². The first-order chi connectivity index (χ1) is 8.12. The third-order valence-corrected chi connectivity index (χ3v) is 1.62. The molecule has 0 atom stereocenters. The summed E-state index contributed by atoms with van der Waals surface area (Å²) in [4.78, 5) is 20.9. The van der Waals surface area contributed by atoms with Gasteiger partial charge in [-0.05, 0) is 12.8 Å². The van der Waals surface area contributed by atoms with Crippen LogP contribution < -0.4 is 0 Å². The number of unbranched alkanes of at least 4 members (excludes halogenated alkanes) is 1. The molecule has 0 spiro atoms. The van der Waals surface area contributed by atoms with Gasteiger partial charge in [-0.3, -0.25) is 9.59 Å². The maximum Gasteiger partial charge on any atom is 0.310 e. The fourth-order valence-corrected chi connectivity index (χ4v) is 0.829. The van der Waals surface area contributed by atoms with Crippen molar-refractivity contribution in [2.24, 2.45) is 0 Å². The van der Waals surface area contributed by atoms with Crippen LogP contribution in [-0.2, 0) is 19.1 Å². The summed E-state index contributed by atoms with van der Waals surface area (Å²) in [6.07, 6.45) is 6.04. The van der Waals surface area contributed by atoms with E-state index in [-0.39, 0.29) is 11.9 Å². The Morgan fingerprint density at radius 1 is 0.941 bits per heavy atom. The average molecular weight is 242 g/mol. The Morgan fingerprint density at radius 2 is 1.41 bits per heavy atom. The van der Waals surface area contributed by atoms with Gasteiger partial charge in [0, 0.05) is 12.8 Å². The summed E-state index contributed by atoms with van der Waals surface area (Å²) >= 11 is 0. The lowest BCUT2D eigenvalue weighted by molar-refractivity contribution is -0.139. The van der Waals surface area contributed by atoms with E-state index < -0.39 is 0 Å². The molecular formula is C13H22O4. The first kappa shape index (κ1) is 17.8. The predicted molar refractivity (Wildman–Crippen MR) is 67.0 cm³/mol. The molecule has 0 heterocycles. The van der Waals surface area contributed by atoms with E-state index in [4.69, 9.17) is 0 Å². The molecule has 0 saturated carbocycles. The normalized spacial score (nSPS) is 8.35. The van der Waals surface area contributed by atoms with E-state index in [1.807, 2.05) is 13.8 Å². The molecule has 0 radical (unpaired) electrons. The topological polar surface area (TPSA) is 52.6 Å². The predicted octanol–water partition coefficient (Wildman–Crippen LogP) is 3.34. The van der Waals surface area contributed by atoms with Gasteiger partial charge in [-0.15, -0.1) is 0 Å². The number of rotatable bonds is 7. The maximum absolute atomic E-state index is 10.5. The van der Waals surface area contributed by atoms with Gasteiger partial charge >= 0.3 is 11.9 Å². The van der Waals surface area contributed by atoms with Crippen LogP contribution >= 0.6 is 0 Å². The van der Waals surface area contributed by atoms with Crippen molar-refractivity contribution in [3.05, 3.63) is 25.7 Å². The highest BCUT2D eigenvalue weighted by Gasteiger charge is 1.96. The zero-order valence-corrected chi connectivity index (χ0v) is 10.7. The van der Waals surface area contributed by atoms with Gasteiger partial charge in [0.15, 0.2) is 0 Å². The molecule has 17 heavy (non-hydrogen) atoms. The van der Waals surface area contributed by atoms with Crippen LogP contribution in [-0.4, -0.2) is 11.9 Å². The molecule has 0 aliphatic heterocycles. The van der Waals surface area contributed by atoms with Crippen LogP contribution in [0.3, 0.4) is 0 Å². The Morgan fingerprint density at radius 3 is 1.76 bits per heavy atom. The second-order valence-corrected chi connectivity index (χ2v) is 3.17. The minimum absolute atomic E-state index is 0.188. The first-order valence-electron chi connectivity index (χ1n) is 5.73. The van der Waals surface area contributed by atoms with E-state index in [9.17, 15) is 9.59 Å². The molecule has 0 aliphatic rings. The lowest BCUT2D eigenvalue weighted by Crippen LogP contribution is -1.97. The molecule has 0 amide bonds. The lowest BCUT2D eigenvalue weighted by atomic mass is 10.3. The minimum Gasteiger partial charge on any atom is -0.435 e. The van der Waals surface area contributed by atoms with E-state index in [2.05, 4.69) is 22.6 Å². The van der Waals surface area contributed by atoms with E-state index in [0.29, 0.717) is 12.8 Å². The molecular weight excluding hydrogens is 220 g/mol. The van der Waals surface area contributed by atoms with Gasteiger partial charge in [-0.1, -0.05) is 33.4 Å². The Hall–Kier alpha value is -1.58. The zero-order valence-electron chi connectivity index (χ0n) is 10.7. The van der Waals surface area contributed by atoms with Crippen molar-refractivity contribution in [1.82, 2.24) is 0 Å². The second-order valence-electron chi connectivity index (χ2n) is 3.17. The monoisotopic (exact) mass is 242 g/mol. The molecule has 4 heteroatoms. The van der Waals surface area contributed by atoms with Crippen LogP contribution in [0.1, 0.15) is 46.0 Å². The number of carbonyl (C=O) groups excluding carboxylic acids is 2. The van der Waals surface area contributed by atoms with Crippen molar-refractivity contribution in [3.63, 3.8) is 0 Å². The third kappa shape index (κ3) is 17.1. The average Bonchev–Trinajstić information content (AvgIpc) is 2.28. The summed E-state index contributed by atoms with van der Waals surface area (Å²) in [6.45, 7) is 10.5. The van der Waals surface area contributed by atoms with Gasteiger partial charge in [0.05, 0.1) is 12.5 Å². The summed E-state index contributed by atoms with van der Waals surface area (Å²) in [5, 5.41) is 0.